The summed E-state index contributed by atoms with van der Waals surface area (Å²) in [4.78, 5) is 10.7. The molecule has 1 N–H and O–H groups in total. The van der Waals surface area contributed by atoms with Crippen molar-refractivity contribution in [3.05, 3.63) is 0 Å². The van der Waals surface area contributed by atoms with E-state index in [0.717, 1.165) is 6.42 Å². The number of hydrogen-bond donors (Lipinski definition) is 1. The molecule has 0 aliphatic carbocycles. The molecule has 0 aromatic heterocycles. The van der Waals surface area contributed by atoms with Gasteiger partial charge in [-0.3, -0.25) is 4.79 Å². The van der Waals surface area contributed by atoms with E-state index in [1.807, 2.05) is 20.8 Å². The second kappa shape index (κ2) is 5.22. The standard InChI is InChI=1S/C10H20O3/c1-5-8(9(11)12)6-7-10(2,3)13-4/h8H,5-7H2,1-4H3,(H,11,12). The number of carboxylic acids is 1. The Balaban J connectivity index is 3.92. The molecule has 0 bridgehead atoms. The maximum atomic E-state index is 10.7. The normalized spacial score (nSPS) is 14.2. The summed E-state index contributed by atoms with van der Waals surface area (Å²) >= 11 is 0. The predicted molar refractivity (Wildman–Crippen MR) is 51.7 cm³/mol. The van der Waals surface area contributed by atoms with Crippen LogP contribution in [0, 0.1) is 5.92 Å². The second-order valence-corrected chi connectivity index (χ2v) is 3.95. The molecule has 0 aliphatic rings. The van der Waals surface area contributed by atoms with Crippen LogP contribution < -0.4 is 0 Å². The van der Waals surface area contributed by atoms with E-state index in [1.54, 1.807) is 7.11 Å². The molecule has 1 unspecified atom stereocenters. The van der Waals surface area contributed by atoms with Gasteiger partial charge in [-0.05, 0) is 33.1 Å². The van der Waals surface area contributed by atoms with Gasteiger partial charge in [-0.2, -0.15) is 0 Å². The van der Waals surface area contributed by atoms with Crippen molar-refractivity contribution < 1.29 is 14.6 Å². The molecule has 1 atom stereocenters. The highest BCUT2D eigenvalue weighted by Gasteiger charge is 2.21. The minimum atomic E-state index is -0.700. The summed E-state index contributed by atoms with van der Waals surface area (Å²) in [5, 5.41) is 8.80. The predicted octanol–water partition coefficient (Wildman–Crippen LogP) is 2.30. The van der Waals surface area contributed by atoms with Gasteiger partial charge in [-0.25, -0.2) is 0 Å². The maximum absolute atomic E-state index is 10.7. The van der Waals surface area contributed by atoms with E-state index in [1.165, 1.54) is 0 Å². The topological polar surface area (TPSA) is 46.5 Å². The Morgan fingerprint density at radius 2 is 2.08 bits per heavy atom. The molecule has 0 saturated carbocycles. The molecule has 0 rings (SSSR count). The first-order valence-electron chi connectivity index (χ1n) is 4.71. The fourth-order valence-corrected chi connectivity index (χ4v) is 1.13. The van der Waals surface area contributed by atoms with Gasteiger partial charge in [-0.1, -0.05) is 6.92 Å². The van der Waals surface area contributed by atoms with E-state index in [0.29, 0.717) is 12.8 Å². The van der Waals surface area contributed by atoms with Crippen LogP contribution in [0.25, 0.3) is 0 Å². The minimum absolute atomic E-state index is 0.205. The third-order valence-electron chi connectivity index (χ3n) is 2.49. The minimum Gasteiger partial charge on any atom is -0.481 e. The Hall–Kier alpha value is -0.570. The highest BCUT2D eigenvalue weighted by Crippen LogP contribution is 2.21. The van der Waals surface area contributed by atoms with Crippen LogP contribution in [0.5, 0.6) is 0 Å². The quantitative estimate of drug-likeness (QED) is 0.695. The highest BCUT2D eigenvalue weighted by molar-refractivity contribution is 5.69. The molecule has 0 aliphatic heterocycles. The average Bonchev–Trinajstić information content (AvgIpc) is 2.05. The molecule has 78 valence electrons. The summed E-state index contributed by atoms with van der Waals surface area (Å²) in [7, 11) is 1.65. The molecule has 0 saturated heterocycles. The van der Waals surface area contributed by atoms with Gasteiger partial charge in [0.25, 0.3) is 0 Å². The number of carboxylic acid groups (broad SMARTS) is 1. The lowest BCUT2D eigenvalue weighted by molar-refractivity contribution is -0.142. The van der Waals surface area contributed by atoms with Crippen molar-refractivity contribution >= 4 is 5.97 Å². The fourth-order valence-electron chi connectivity index (χ4n) is 1.13. The van der Waals surface area contributed by atoms with Crippen LogP contribution in [0.1, 0.15) is 40.0 Å². The van der Waals surface area contributed by atoms with Crippen LogP contribution >= 0.6 is 0 Å². The zero-order chi connectivity index (χ0) is 10.5. The lowest BCUT2D eigenvalue weighted by Gasteiger charge is -2.24. The summed E-state index contributed by atoms with van der Waals surface area (Å²) in [6.45, 7) is 5.85. The van der Waals surface area contributed by atoms with Gasteiger partial charge in [0.1, 0.15) is 0 Å². The first-order chi connectivity index (χ1) is 5.93. The molecule has 13 heavy (non-hydrogen) atoms. The molecule has 0 heterocycles. The molecule has 3 nitrogen and oxygen atoms in total. The summed E-state index contributed by atoms with van der Waals surface area (Å²) < 4.78 is 5.22. The second-order valence-electron chi connectivity index (χ2n) is 3.95. The number of ether oxygens (including phenoxy) is 1. The highest BCUT2D eigenvalue weighted by atomic mass is 16.5. The van der Waals surface area contributed by atoms with Gasteiger partial charge in [-0.15, -0.1) is 0 Å². The monoisotopic (exact) mass is 188 g/mol. The number of methoxy groups -OCH3 is 1. The summed E-state index contributed by atoms with van der Waals surface area (Å²) in [5.41, 5.74) is -0.205. The van der Waals surface area contributed by atoms with Crippen molar-refractivity contribution in [1.82, 2.24) is 0 Å². The van der Waals surface area contributed by atoms with E-state index in [4.69, 9.17) is 9.84 Å². The SMILES string of the molecule is CCC(CCC(C)(C)OC)C(=O)O. The molecular formula is C10H20O3. The Bertz CT molecular complexity index is 164. The van der Waals surface area contributed by atoms with Crippen molar-refractivity contribution in [2.45, 2.75) is 45.6 Å². The first kappa shape index (κ1) is 12.4. The molecule has 0 fully saturated rings. The van der Waals surface area contributed by atoms with Gasteiger partial charge in [0.2, 0.25) is 0 Å². The van der Waals surface area contributed by atoms with E-state index < -0.39 is 5.97 Å². The van der Waals surface area contributed by atoms with Crippen LogP contribution in [-0.4, -0.2) is 23.8 Å². The third kappa shape index (κ3) is 4.88. The smallest absolute Gasteiger partial charge is 0.306 e. The first-order valence-corrected chi connectivity index (χ1v) is 4.71. The van der Waals surface area contributed by atoms with Crippen LogP contribution in [0.2, 0.25) is 0 Å². The van der Waals surface area contributed by atoms with E-state index in [2.05, 4.69) is 0 Å². The summed E-state index contributed by atoms with van der Waals surface area (Å²) in [6, 6.07) is 0. The zero-order valence-electron chi connectivity index (χ0n) is 8.96. The van der Waals surface area contributed by atoms with Gasteiger partial charge in [0.05, 0.1) is 11.5 Å². The summed E-state index contributed by atoms with van der Waals surface area (Å²) in [5.74, 6) is -0.927. The van der Waals surface area contributed by atoms with Gasteiger partial charge < -0.3 is 9.84 Å². The number of rotatable bonds is 6. The molecule has 3 heteroatoms. The maximum Gasteiger partial charge on any atom is 0.306 e. The fraction of sp³-hybridized carbons (Fsp3) is 0.900. The number of carbonyl (C=O) groups is 1. The van der Waals surface area contributed by atoms with Crippen molar-refractivity contribution in [2.75, 3.05) is 7.11 Å². The molecule has 0 aromatic rings. The van der Waals surface area contributed by atoms with Gasteiger partial charge >= 0.3 is 5.97 Å². The molecular weight excluding hydrogens is 168 g/mol. The Morgan fingerprint density at radius 1 is 1.54 bits per heavy atom. The average molecular weight is 188 g/mol. The molecule has 0 aromatic carbocycles. The Kier molecular flexibility index (Phi) is 4.99. The molecule has 0 spiro atoms. The van der Waals surface area contributed by atoms with Crippen molar-refractivity contribution in [1.29, 1.82) is 0 Å². The summed E-state index contributed by atoms with van der Waals surface area (Å²) in [6.07, 6.45) is 2.16. The van der Waals surface area contributed by atoms with Gasteiger partial charge in [0, 0.05) is 7.11 Å². The van der Waals surface area contributed by atoms with Crippen LogP contribution in [0.3, 0.4) is 0 Å². The zero-order valence-corrected chi connectivity index (χ0v) is 8.96. The number of aliphatic carboxylic acids is 1. The van der Waals surface area contributed by atoms with E-state index in [-0.39, 0.29) is 11.5 Å². The number of hydrogen-bond acceptors (Lipinski definition) is 2. The lowest BCUT2D eigenvalue weighted by atomic mass is 9.93. The van der Waals surface area contributed by atoms with Crippen molar-refractivity contribution in [2.24, 2.45) is 5.92 Å². The van der Waals surface area contributed by atoms with E-state index >= 15 is 0 Å². The van der Waals surface area contributed by atoms with Gasteiger partial charge in [0.15, 0.2) is 0 Å². The third-order valence-corrected chi connectivity index (χ3v) is 2.49. The van der Waals surface area contributed by atoms with Crippen molar-refractivity contribution in [3.8, 4) is 0 Å². The van der Waals surface area contributed by atoms with Crippen LogP contribution in [0.4, 0.5) is 0 Å². The molecule has 0 radical (unpaired) electrons. The Morgan fingerprint density at radius 3 is 2.38 bits per heavy atom. The van der Waals surface area contributed by atoms with Crippen LogP contribution in [0.15, 0.2) is 0 Å². The molecule has 0 amide bonds. The lowest BCUT2D eigenvalue weighted by Crippen LogP contribution is -2.25. The Labute approximate surface area is 80.1 Å². The van der Waals surface area contributed by atoms with Crippen molar-refractivity contribution in [3.63, 3.8) is 0 Å². The van der Waals surface area contributed by atoms with E-state index in [9.17, 15) is 4.79 Å². The largest absolute Gasteiger partial charge is 0.481 e. The van der Waals surface area contributed by atoms with Crippen LogP contribution in [-0.2, 0) is 9.53 Å².